The zero-order valence-electron chi connectivity index (χ0n) is 12.7. The number of aromatic amines is 1. The maximum atomic E-state index is 14.4. The maximum Gasteiger partial charge on any atom is 0.341 e. The van der Waals surface area contributed by atoms with Crippen molar-refractivity contribution in [1.82, 2.24) is 19.5 Å². The van der Waals surface area contributed by atoms with E-state index in [9.17, 15) is 14.0 Å². The van der Waals surface area contributed by atoms with Crippen LogP contribution in [0.5, 0.6) is 0 Å². The van der Waals surface area contributed by atoms with Crippen LogP contribution in [-0.4, -0.2) is 30.6 Å². The molecule has 0 spiro atoms. The summed E-state index contributed by atoms with van der Waals surface area (Å²) in [5.41, 5.74) is -0.268. The summed E-state index contributed by atoms with van der Waals surface area (Å²) in [4.78, 5) is 34.4. The van der Waals surface area contributed by atoms with Gasteiger partial charge >= 0.3 is 5.97 Å². The van der Waals surface area contributed by atoms with Crippen molar-refractivity contribution in [1.29, 1.82) is 0 Å². The molecule has 0 aliphatic heterocycles. The summed E-state index contributed by atoms with van der Waals surface area (Å²) >= 11 is 0. The second-order valence-electron chi connectivity index (χ2n) is 5.55. The molecule has 0 aliphatic rings. The lowest BCUT2D eigenvalue weighted by atomic mass is 10.1. The highest BCUT2D eigenvalue weighted by Gasteiger charge is 2.18. The van der Waals surface area contributed by atoms with Gasteiger partial charge in [-0.1, -0.05) is 0 Å². The lowest BCUT2D eigenvalue weighted by Crippen LogP contribution is -2.18. The Kier molecular flexibility index (Phi) is 3.31. The molecule has 4 aromatic rings. The third-order valence-corrected chi connectivity index (χ3v) is 3.99. The van der Waals surface area contributed by atoms with Crippen LogP contribution in [0, 0.1) is 5.82 Å². The van der Waals surface area contributed by atoms with Gasteiger partial charge in [0.2, 0.25) is 5.43 Å². The summed E-state index contributed by atoms with van der Waals surface area (Å²) in [6, 6.07) is 3.66. The highest BCUT2D eigenvalue weighted by atomic mass is 19.1. The van der Waals surface area contributed by atoms with Crippen molar-refractivity contribution in [2.24, 2.45) is 0 Å². The predicted molar refractivity (Wildman–Crippen MR) is 88.1 cm³/mol. The number of aromatic nitrogens is 4. The minimum absolute atomic E-state index is 0.0490. The predicted octanol–water partition coefficient (Wildman–Crippen LogP) is 2.16. The van der Waals surface area contributed by atoms with Gasteiger partial charge in [-0.25, -0.2) is 14.2 Å². The van der Waals surface area contributed by atoms with Crippen LogP contribution in [-0.2, 0) is 6.54 Å². The van der Waals surface area contributed by atoms with Crippen LogP contribution in [0.1, 0.15) is 15.9 Å². The summed E-state index contributed by atoms with van der Waals surface area (Å²) in [6.45, 7) is 0.0490. The summed E-state index contributed by atoms with van der Waals surface area (Å²) < 4.78 is 16.1. The molecule has 0 radical (unpaired) electrons. The first-order valence-electron chi connectivity index (χ1n) is 7.37. The molecule has 0 bridgehead atoms. The van der Waals surface area contributed by atoms with E-state index in [0.717, 1.165) is 23.3 Å². The quantitative estimate of drug-likeness (QED) is 0.596. The normalized spacial score (nSPS) is 11.2. The summed E-state index contributed by atoms with van der Waals surface area (Å²) in [5, 5.41) is 9.93. The Labute approximate surface area is 139 Å². The van der Waals surface area contributed by atoms with Gasteiger partial charge in [-0.15, -0.1) is 0 Å². The number of H-pyrrole nitrogens is 1. The van der Waals surface area contributed by atoms with Crippen LogP contribution in [0.15, 0.2) is 47.9 Å². The molecule has 0 unspecified atom stereocenters. The molecule has 0 aliphatic carbocycles. The summed E-state index contributed by atoms with van der Waals surface area (Å²) in [5.74, 6) is -2.06. The van der Waals surface area contributed by atoms with Crippen molar-refractivity contribution in [2.45, 2.75) is 6.54 Å². The molecular weight excluding hydrogens is 327 g/mol. The third kappa shape index (κ3) is 2.44. The molecule has 0 fully saturated rings. The molecule has 0 atom stereocenters. The zero-order valence-corrected chi connectivity index (χ0v) is 12.7. The fraction of sp³-hybridized carbons (Fsp3) is 0.0588. The van der Waals surface area contributed by atoms with Gasteiger partial charge in [0.05, 0.1) is 23.6 Å². The average molecular weight is 338 g/mol. The smallest absolute Gasteiger partial charge is 0.341 e. The van der Waals surface area contributed by atoms with Crippen LogP contribution < -0.4 is 5.43 Å². The molecule has 2 N–H and O–H groups in total. The second kappa shape index (κ2) is 5.52. The fourth-order valence-electron chi connectivity index (χ4n) is 2.83. The number of nitrogens with zero attached hydrogens (tertiary/aromatic N) is 3. The van der Waals surface area contributed by atoms with Gasteiger partial charge in [-0.3, -0.25) is 9.78 Å². The maximum absolute atomic E-state index is 14.4. The van der Waals surface area contributed by atoms with Gasteiger partial charge in [0.25, 0.3) is 0 Å². The van der Waals surface area contributed by atoms with Gasteiger partial charge in [-0.2, -0.15) is 0 Å². The average Bonchev–Trinajstić information content (AvgIpc) is 2.99. The molecule has 0 aromatic carbocycles. The van der Waals surface area contributed by atoms with Gasteiger partial charge in [0, 0.05) is 35.7 Å². The standard InChI is InChI=1S/C17H11FN4O3/c18-12-5-21-16-14(15(23)10(4-20-16)17(24)25)11(12)7-22-6-9-2-1-3-19-13(9)8-22/h1-6,8H,7H2,(H,24,25)(H,20,21,23). The largest absolute Gasteiger partial charge is 0.477 e. The first-order chi connectivity index (χ1) is 12.0. The van der Waals surface area contributed by atoms with E-state index < -0.39 is 22.8 Å². The number of hydrogen-bond acceptors (Lipinski definition) is 4. The zero-order chi connectivity index (χ0) is 17.6. The van der Waals surface area contributed by atoms with Gasteiger partial charge < -0.3 is 14.7 Å². The molecule has 4 rings (SSSR count). The number of carbonyl (C=O) groups is 1. The first-order valence-corrected chi connectivity index (χ1v) is 7.37. The van der Waals surface area contributed by atoms with Crippen molar-refractivity contribution in [3.8, 4) is 0 Å². The molecule has 124 valence electrons. The number of carboxylic acids is 1. The number of aromatic carboxylic acids is 1. The van der Waals surface area contributed by atoms with Gasteiger partial charge in [0.1, 0.15) is 17.0 Å². The van der Waals surface area contributed by atoms with E-state index in [-0.39, 0.29) is 23.1 Å². The lowest BCUT2D eigenvalue weighted by molar-refractivity contribution is 0.0695. The Morgan fingerprint density at radius 2 is 2.16 bits per heavy atom. The number of nitrogens with one attached hydrogen (secondary N) is 1. The fourth-order valence-corrected chi connectivity index (χ4v) is 2.83. The SMILES string of the molecule is O=C(O)c1c[nH]c2ncc(F)c(Cn3cc4cccnc4c3)c2c1=O. The van der Waals surface area contributed by atoms with Crippen LogP contribution in [0.3, 0.4) is 0 Å². The molecule has 0 saturated carbocycles. The number of halogens is 1. The number of rotatable bonds is 3. The molecule has 4 heterocycles. The van der Waals surface area contributed by atoms with E-state index >= 15 is 0 Å². The van der Waals surface area contributed by atoms with E-state index in [1.54, 1.807) is 29.2 Å². The number of pyridine rings is 3. The number of fused-ring (bicyclic) bond motifs is 2. The Morgan fingerprint density at radius 1 is 1.32 bits per heavy atom. The molecule has 0 saturated heterocycles. The number of carboxylic acid groups (broad SMARTS) is 1. The third-order valence-electron chi connectivity index (χ3n) is 3.99. The van der Waals surface area contributed by atoms with Crippen molar-refractivity contribution in [3.05, 3.63) is 70.3 Å². The summed E-state index contributed by atoms with van der Waals surface area (Å²) in [7, 11) is 0. The van der Waals surface area contributed by atoms with E-state index in [2.05, 4.69) is 15.0 Å². The minimum atomic E-state index is -1.38. The van der Waals surface area contributed by atoms with Crippen molar-refractivity contribution >= 4 is 27.9 Å². The molecular formula is C17H11FN4O3. The molecule has 0 amide bonds. The molecule has 8 heteroatoms. The van der Waals surface area contributed by atoms with Gasteiger partial charge in [-0.05, 0) is 12.1 Å². The van der Waals surface area contributed by atoms with E-state index in [1.807, 2.05) is 6.07 Å². The summed E-state index contributed by atoms with van der Waals surface area (Å²) in [6.07, 6.45) is 7.24. The van der Waals surface area contributed by atoms with Crippen LogP contribution >= 0.6 is 0 Å². The highest BCUT2D eigenvalue weighted by Crippen LogP contribution is 2.19. The van der Waals surface area contributed by atoms with Gasteiger partial charge in [0.15, 0.2) is 0 Å². The van der Waals surface area contributed by atoms with Crippen LogP contribution in [0.25, 0.3) is 21.9 Å². The number of hydrogen-bond donors (Lipinski definition) is 2. The Morgan fingerprint density at radius 3 is 2.92 bits per heavy atom. The van der Waals surface area contributed by atoms with Crippen molar-refractivity contribution in [2.75, 3.05) is 0 Å². The van der Waals surface area contributed by atoms with Crippen molar-refractivity contribution in [3.63, 3.8) is 0 Å². The first kappa shape index (κ1) is 15.0. The van der Waals surface area contributed by atoms with E-state index in [1.165, 1.54) is 0 Å². The molecule has 4 aromatic heterocycles. The van der Waals surface area contributed by atoms with E-state index in [4.69, 9.17) is 5.11 Å². The monoisotopic (exact) mass is 338 g/mol. The molecule has 25 heavy (non-hydrogen) atoms. The lowest BCUT2D eigenvalue weighted by Gasteiger charge is -2.08. The Hall–Kier alpha value is -3.55. The Balaban J connectivity index is 1.93. The van der Waals surface area contributed by atoms with E-state index in [0.29, 0.717) is 0 Å². The second-order valence-corrected chi connectivity index (χ2v) is 5.55. The van der Waals surface area contributed by atoms with Crippen LogP contribution in [0.2, 0.25) is 0 Å². The highest BCUT2D eigenvalue weighted by molar-refractivity contribution is 5.92. The van der Waals surface area contributed by atoms with Crippen molar-refractivity contribution < 1.29 is 14.3 Å². The minimum Gasteiger partial charge on any atom is -0.477 e. The molecule has 7 nitrogen and oxygen atoms in total. The van der Waals surface area contributed by atoms with Crippen LogP contribution in [0.4, 0.5) is 4.39 Å². The topological polar surface area (TPSA) is 101 Å². The Bertz CT molecular complexity index is 1160.